The highest BCUT2D eigenvalue weighted by molar-refractivity contribution is 5.79. The van der Waals surface area contributed by atoms with Crippen LogP contribution in [0.3, 0.4) is 0 Å². The van der Waals surface area contributed by atoms with Crippen LogP contribution in [0.25, 0.3) is 0 Å². The van der Waals surface area contributed by atoms with Gasteiger partial charge in [0.2, 0.25) is 5.91 Å². The van der Waals surface area contributed by atoms with E-state index in [1.54, 1.807) is 6.20 Å². The summed E-state index contributed by atoms with van der Waals surface area (Å²) >= 11 is 0. The van der Waals surface area contributed by atoms with Gasteiger partial charge in [-0.3, -0.25) is 9.78 Å². The second kappa shape index (κ2) is 9.73. The summed E-state index contributed by atoms with van der Waals surface area (Å²) in [5, 5.41) is 3.25. The van der Waals surface area contributed by atoms with E-state index in [2.05, 4.69) is 38.9 Å². The highest BCUT2D eigenvalue weighted by Gasteiger charge is 2.32. The van der Waals surface area contributed by atoms with Gasteiger partial charge in [-0.25, -0.2) is 9.97 Å². The normalized spacial score (nSPS) is 19.0. The Labute approximate surface area is 185 Å². The molecule has 2 aliphatic rings. The van der Waals surface area contributed by atoms with Crippen LogP contribution in [0.5, 0.6) is 0 Å². The maximum absolute atomic E-state index is 13.0. The Balaban J connectivity index is 1.31. The van der Waals surface area contributed by atoms with E-state index in [0.717, 1.165) is 69.1 Å². The van der Waals surface area contributed by atoms with E-state index in [0.29, 0.717) is 23.7 Å². The van der Waals surface area contributed by atoms with E-state index in [1.807, 2.05) is 31.3 Å². The third-order valence-corrected chi connectivity index (χ3v) is 6.63. The maximum atomic E-state index is 13.0. The van der Waals surface area contributed by atoms with Crippen LogP contribution in [0.15, 0.2) is 30.6 Å². The number of hydrogen-bond donors (Lipinski definition) is 1. The Morgan fingerprint density at radius 1 is 1.00 bits per heavy atom. The number of piperidine rings is 2. The van der Waals surface area contributed by atoms with Crippen LogP contribution in [-0.2, 0) is 4.79 Å². The molecule has 166 valence electrons. The molecule has 2 aromatic rings. The highest BCUT2D eigenvalue weighted by atomic mass is 16.2. The summed E-state index contributed by atoms with van der Waals surface area (Å²) in [4.78, 5) is 31.2. The molecule has 0 bridgehead atoms. The molecule has 31 heavy (non-hydrogen) atoms. The number of nitrogens with one attached hydrogen (secondary N) is 1. The fourth-order valence-electron chi connectivity index (χ4n) is 4.70. The number of likely N-dealkylation sites (tertiary alicyclic amines) is 2. The molecule has 0 atom stereocenters. The minimum Gasteiger partial charge on any atom is -0.342 e. The lowest BCUT2D eigenvalue weighted by Gasteiger charge is -2.38. The number of amides is 1. The Bertz CT molecular complexity index is 885. The number of aromatic nitrogens is 3. The van der Waals surface area contributed by atoms with Crippen molar-refractivity contribution in [2.75, 3.05) is 31.5 Å². The van der Waals surface area contributed by atoms with E-state index in [1.165, 1.54) is 0 Å². The fourth-order valence-corrected chi connectivity index (χ4v) is 4.70. The lowest BCUT2D eigenvalue weighted by atomic mass is 9.90. The fraction of sp³-hybridized carbons (Fsp3) is 0.583. The summed E-state index contributed by atoms with van der Waals surface area (Å²) in [5.41, 5.74) is 1.95. The summed E-state index contributed by atoms with van der Waals surface area (Å²) < 4.78 is 0. The molecule has 7 nitrogen and oxygen atoms in total. The second-order valence-corrected chi connectivity index (χ2v) is 9.12. The predicted octanol–water partition coefficient (Wildman–Crippen LogP) is 3.75. The largest absolute Gasteiger partial charge is 0.342 e. The molecule has 0 radical (unpaired) electrons. The molecular weight excluding hydrogens is 388 g/mol. The van der Waals surface area contributed by atoms with Crippen LogP contribution in [-0.4, -0.2) is 62.9 Å². The van der Waals surface area contributed by atoms with E-state index in [9.17, 15) is 4.79 Å². The van der Waals surface area contributed by atoms with Crippen molar-refractivity contribution in [3.8, 4) is 0 Å². The molecule has 0 aromatic carbocycles. The Hall–Kier alpha value is -2.54. The summed E-state index contributed by atoms with van der Waals surface area (Å²) in [5.74, 6) is 2.38. The van der Waals surface area contributed by atoms with Crippen molar-refractivity contribution in [2.24, 2.45) is 5.92 Å². The number of rotatable bonds is 5. The molecule has 0 spiro atoms. The highest BCUT2D eigenvalue weighted by Crippen LogP contribution is 2.29. The first kappa shape index (κ1) is 21.7. The average molecular weight is 423 g/mol. The number of hydrogen-bond acceptors (Lipinski definition) is 6. The first-order valence-corrected chi connectivity index (χ1v) is 11.5. The van der Waals surface area contributed by atoms with Gasteiger partial charge in [0.15, 0.2) is 0 Å². The zero-order chi connectivity index (χ0) is 21.8. The van der Waals surface area contributed by atoms with E-state index >= 15 is 0 Å². The first-order valence-electron chi connectivity index (χ1n) is 11.5. The molecule has 0 unspecified atom stereocenters. The number of pyridine rings is 1. The van der Waals surface area contributed by atoms with Crippen LogP contribution >= 0.6 is 0 Å². The van der Waals surface area contributed by atoms with Crippen LogP contribution < -0.4 is 5.32 Å². The van der Waals surface area contributed by atoms with E-state index < -0.39 is 0 Å². The lowest BCUT2D eigenvalue weighted by molar-refractivity contribution is -0.138. The monoisotopic (exact) mass is 422 g/mol. The molecule has 2 fully saturated rings. The van der Waals surface area contributed by atoms with Gasteiger partial charge in [0.25, 0.3) is 0 Å². The molecule has 7 heteroatoms. The van der Waals surface area contributed by atoms with Crippen molar-refractivity contribution in [1.82, 2.24) is 24.8 Å². The predicted molar refractivity (Wildman–Crippen MR) is 122 cm³/mol. The van der Waals surface area contributed by atoms with Crippen molar-refractivity contribution >= 4 is 17.5 Å². The van der Waals surface area contributed by atoms with Crippen LogP contribution in [0, 0.1) is 12.8 Å². The number of anilines is 2. The third-order valence-electron chi connectivity index (χ3n) is 6.63. The molecule has 4 heterocycles. The number of nitrogens with zero attached hydrogens (tertiary/aromatic N) is 5. The lowest BCUT2D eigenvalue weighted by Crippen LogP contribution is -2.46. The minimum absolute atomic E-state index is 0.195. The van der Waals surface area contributed by atoms with E-state index in [4.69, 9.17) is 4.98 Å². The molecule has 0 saturated carbocycles. The summed E-state index contributed by atoms with van der Waals surface area (Å²) in [6.45, 7) is 10.1. The number of aryl methyl sites for hydroxylation is 1. The average Bonchev–Trinajstić information content (AvgIpc) is 2.79. The molecule has 4 rings (SSSR count). The first-order chi connectivity index (χ1) is 15.0. The van der Waals surface area contributed by atoms with Crippen molar-refractivity contribution in [3.05, 3.63) is 42.0 Å². The SMILES string of the molecule is Cc1cccc(Nc2cncc(C3CCN(C(=O)C4CCN(C(C)C)CC4)CC3)n2)n1. The molecule has 0 aliphatic carbocycles. The quantitative estimate of drug-likeness (QED) is 0.791. The van der Waals surface area contributed by atoms with Gasteiger partial charge in [-0.1, -0.05) is 6.07 Å². The molecule has 2 aromatic heterocycles. The van der Waals surface area contributed by atoms with Gasteiger partial charge in [-0.05, 0) is 71.7 Å². The van der Waals surface area contributed by atoms with Crippen molar-refractivity contribution in [2.45, 2.75) is 58.4 Å². The maximum Gasteiger partial charge on any atom is 0.225 e. The zero-order valence-corrected chi connectivity index (χ0v) is 18.9. The van der Waals surface area contributed by atoms with Gasteiger partial charge in [-0.2, -0.15) is 0 Å². The number of carbonyl (C=O) groups is 1. The van der Waals surface area contributed by atoms with Gasteiger partial charge in [0.05, 0.1) is 11.9 Å². The zero-order valence-electron chi connectivity index (χ0n) is 18.9. The minimum atomic E-state index is 0.195. The van der Waals surface area contributed by atoms with Crippen molar-refractivity contribution < 1.29 is 4.79 Å². The van der Waals surface area contributed by atoms with Crippen LogP contribution in [0.4, 0.5) is 11.6 Å². The molecular formula is C24H34N6O. The Kier molecular flexibility index (Phi) is 6.80. The molecule has 2 aliphatic heterocycles. The Morgan fingerprint density at radius 3 is 2.42 bits per heavy atom. The van der Waals surface area contributed by atoms with Gasteiger partial charge in [0, 0.05) is 42.9 Å². The smallest absolute Gasteiger partial charge is 0.225 e. The van der Waals surface area contributed by atoms with Crippen LogP contribution in [0.1, 0.15) is 56.8 Å². The molecule has 2 saturated heterocycles. The van der Waals surface area contributed by atoms with Gasteiger partial charge >= 0.3 is 0 Å². The molecule has 1 N–H and O–H groups in total. The van der Waals surface area contributed by atoms with Crippen molar-refractivity contribution in [3.63, 3.8) is 0 Å². The Morgan fingerprint density at radius 2 is 1.74 bits per heavy atom. The molecule has 1 amide bonds. The van der Waals surface area contributed by atoms with E-state index in [-0.39, 0.29) is 5.92 Å². The van der Waals surface area contributed by atoms with Gasteiger partial charge in [-0.15, -0.1) is 0 Å². The van der Waals surface area contributed by atoms with Crippen LogP contribution in [0.2, 0.25) is 0 Å². The summed E-state index contributed by atoms with van der Waals surface area (Å²) in [7, 11) is 0. The van der Waals surface area contributed by atoms with Gasteiger partial charge < -0.3 is 15.1 Å². The summed E-state index contributed by atoms with van der Waals surface area (Å²) in [6.07, 6.45) is 7.45. The van der Waals surface area contributed by atoms with Crippen molar-refractivity contribution in [1.29, 1.82) is 0 Å². The number of carbonyl (C=O) groups excluding carboxylic acids is 1. The second-order valence-electron chi connectivity index (χ2n) is 9.12. The topological polar surface area (TPSA) is 74.2 Å². The standard InChI is InChI=1S/C24H34N6O/c1-17(2)29-11-9-20(10-12-29)24(31)30-13-7-19(8-14-30)21-15-25-16-23(27-21)28-22-6-4-5-18(3)26-22/h4-6,15-17,19-20H,7-14H2,1-3H3,(H,26,27,28). The van der Waals surface area contributed by atoms with Gasteiger partial charge in [0.1, 0.15) is 11.6 Å². The third kappa shape index (κ3) is 5.39. The summed E-state index contributed by atoms with van der Waals surface area (Å²) in [6, 6.07) is 6.44.